The Bertz CT molecular complexity index is 1850. The SMILES string of the molecule is CON=C(C(=O)N[C@@H]1C(=O)N2C(C(=O)OC(c3ccccc3)c3ccccc3)=C(Sc3cccnc3N)CC[C@H]12)c1nc(N)sc1Cl. The van der Waals surface area contributed by atoms with Crippen LogP contribution >= 0.6 is 34.7 Å². The molecule has 1 fully saturated rings. The van der Waals surface area contributed by atoms with E-state index in [4.69, 9.17) is 32.6 Å². The number of anilines is 2. The third-order valence-electron chi connectivity index (χ3n) is 7.56. The van der Waals surface area contributed by atoms with Crippen LogP contribution in [0.15, 0.2) is 99.6 Å². The van der Waals surface area contributed by atoms with Crippen LogP contribution in [0.4, 0.5) is 10.9 Å². The van der Waals surface area contributed by atoms with Crippen molar-refractivity contribution in [1.29, 1.82) is 0 Å². The quantitative estimate of drug-likeness (QED) is 0.0928. The molecule has 0 radical (unpaired) electrons. The monoisotopic (exact) mass is 689 g/mol. The number of aromatic nitrogens is 2. The van der Waals surface area contributed by atoms with Crippen molar-refractivity contribution in [1.82, 2.24) is 20.2 Å². The molecular weight excluding hydrogens is 662 g/mol. The Morgan fingerprint density at radius 1 is 1.09 bits per heavy atom. The molecule has 12 nitrogen and oxygen atoms in total. The van der Waals surface area contributed by atoms with Crippen molar-refractivity contribution < 1.29 is 24.0 Å². The lowest BCUT2D eigenvalue weighted by Crippen LogP contribution is -2.72. The van der Waals surface area contributed by atoms with E-state index in [0.29, 0.717) is 22.6 Å². The van der Waals surface area contributed by atoms with Crippen molar-refractivity contribution in [2.45, 2.75) is 35.9 Å². The molecular formula is C32H28ClN7O5S2. The number of halogens is 1. The number of nitrogen functional groups attached to an aromatic ring is 2. The molecule has 1 saturated heterocycles. The summed E-state index contributed by atoms with van der Waals surface area (Å²) in [5, 5.41) is 6.65. The lowest BCUT2D eigenvalue weighted by Gasteiger charge is -2.50. The summed E-state index contributed by atoms with van der Waals surface area (Å²) in [5.74, 6) is -1.63. The van der Waals surface area contributed by atoms with E-state index >= 15 is 0 Å². The van der Waals surface area contributed by atoms with Gasteiger partial charge in [-0.2, -0.15) is 0 Å². The summed E-state index contributed by atoms with van der Waals surface area (Å²) in [4.78, 5) is 57.1. The summed E-state index contributed by atoms with van der Waals surface area (Å²) in [6.45, 7) is 0. The Labute approximate surface area is 282 Å². The minimum atomic E-state index is -0.962. The zero-order chi connectivity index (χ0) is 33.1. The smallest absolute Gasteiger partial charge is 0.356 e. The van der Waals surface area contributed by atoms with E-state index in [2.05, 4.69) is 20.4 Å². The molecule has 0 unspecified atom stereocenters. The molecule has 2 amide bonds. The average Bonchev–Trinajstić information content (AvgIpc) is 3.42. The van der Waals surface area contributed by atoms with Crippen molar-refractivity contribution in [2.24, 2.45) is 5.16 Å². The number of carbonyl (C=O) groups excluding carboxylic acids is 3. The first-order valence-corrected chi connectivity index (χ1v) is 16.4. The molecule has 5 N–H and O–H groups in total. The van der Waals surface area contributed by atoms with Crippen LogP contribution in [-0.4, -0.2) is 57.6 Å². The van der Waals surface area contributed by atoms with E-state index in [1.165, 1.54) is 23.8 Å². The van der Waals surface area contributed by atoms with Gasteiger partial charge < -0.3 is 26.4 Å². The van der Waals surface area contributed by atoms with E-state index in [1.54, 1.807) is 18.3 Å². The molecule has 0 aliphatic carbocycles. The van der Waals surface area contributed by atoms with E-state index in [-0.39, 0.29) is 32.4 Å². The van der Waals surface area contributed by atoms with Gasteiger partial charge in [-0.25, -0.2) is 14.8 Å². The maximum Gasteiger partial charge on any atom is 0.356 e. The number of nitrogens with zero attached hydrogens (tertiary/aromatic N) is 4. The lowest BCUT2D eigenvalue weighted by molar-refractivity contribution is -0.158. The molecule has 6 rings (SSSR count). The largest absolute Gasteiger partial charge is 0.448 e. The Morgan fingerprint density at radius 2 is 1.77 bits per heavy atom. The van der Waals surface area contributed by atoms with Crippen LogP contribution in [0.2, 0.25) is 4.34 Å². The Kier molecular flexibility index (Phi) is 9.43. The number of pyridine rings is 1. The number of carbonyl (C=O) groups is 3. The van der Waals surface area contributed by atoms with Crippen molar-refractivity contribution in [2.75, 3.05) is 18.6 Å². The molecule has 15 heteroatoms. The lowest BCUT2D eigenvalue weighted by atomic mass is 9.86. The second-order valence-electron chi connectivity index (χ2n) is 10.4. The maximum atomic E-state index is 14.2. The minimum absolute atomic E-state index is 0.0329. The second-order valence-corrected chi connectivity index (χ2v) is 13.2. The summed E-state index contributed by atoms with van der Waals surface area (Å²) < 4.78 is 6.36. The van der Waals surface area contributed by atoms with Gasteiger partial charge >= 0.3 is 5.97 Å². The van der Waals surface area contributed by atoms with Gasteiger partial charge in [0.1, 0.15) is 34.7 Å². The van der Waals surface area contributed by atoms with E-state index < -0.39 is 36.0 Å². The average molecular weight is 690 g/mol. The van der Waals surface area contributed by atoms with Crippen molar-refractivity contribution >= 4 is 69.1 Å². The summed E-state index contributed by atoms with van der Waals surface area (Å²) in [7, 11) is 1.27. The number of rotatable bonds is 10. The first-order valence-electron chi connectivity index (χ1n) is 14.4. The standard InChI is InChI=1S/C32H28ClN7O5S2/c1-44-39-24(23-27(33)47-32(35)38-23)29(41)37-22-19-14-15-20(46-21-13-8-16-36-28(21)34)25(40(19)30(22)42)31(43)45-26(17-9-4-2-5-10-17)18-11-6-3-7-12-18/h2-13,16,19,22,26H,14-15H2,1H3,(H2,34,36)(H2,35,38)(H,37,41)/t19-,22+/m1/s1. The maximum absolute atomic E-state index is 14.2. The van der Waals surface area contributed by atoms with Gasteiger partial charge in [0.2, 0.25) is 0 Å². The molecule has 0 spiro atoms. The highest BCUT2D eigenvalue weighted by Gasteiger charge is 2.54. The number of β-lactam (4-membered cyclic amide) rings is 1. The number of fused-ring (bicyclic) bond motifs is 1. The number of thioether (sulfide) groups is 1. The van der Waals surface area contributed by atoms with Gasteiger partial charge in [-0.3, -0.25) is 14.5 Å². The van der Waals surface area contributed by atoms with Crippen LogP contribution in [0.3, 0.4) is 0 Å². The topological polar surface area (TPSA) is 175 Å². The van der Waals surface area contributed by atoms with Gasteiger partial charge in [0.05, 0.1) is 10.9 Å². The molecule has 4 heterocycles. The van der Waals surface area contributed by atoms with Crippen LogP contribution < -0.4 is 16.8 Å². The van der Waals surface area contributed by atoms with Crippen LogP contribution in [0.25, 0.3) is 0 Å². The fraction of sp³-hybridized carbons (Fsp3) is 0.188. The van der Waals surface area contributed by atoms with Gasteiger partial charge in [-0.15, -0.1) is 0 Å². The summed E-state index contributed by atoms with van der Waals surface area (Å²) >= 11 is 8.46. The number of esters is 1. The Morgan fingerprint density at radius 3 is 2.36 bits per heavy atom. The van der Waals surface area contributed by atoms with Gasteiger partial charge in [0.25, 0.3) is 11.8 Å². The molecule has 2 aromatic carbocycles. The van der Waals surface area contributed by atoms with E-state index in [0.717, 1.165) is 22.5 Å². The molecule has 2 aromatic heterocycles. The van der Waals surface area contributed by atoms with Crippen molar-refractivity contribution in [3.8, 4) is 0 Å². The highest BCUT2D eigenvalue weighted by Crippen LogP contribution is 2.45. The van der Waals surface area contributed by atoms with Gasteiger partial charge in [0.15, 0.2) is 16.9 Å². The molecule has 2 atom stereocenters. The normalized spacial score (nSPS) is 17.6. The molecule has 47 heavy (non-hydrogen) atoms. The fourth-order valence-corrected chi connectivity index (χ4v) is 7.44. The van der Waals surface area contributed by atoms with Crippen LogP contribution in [0, 0.1) is 0 Å². The first kappa shape index (κ1) is 32.0. The highest BCUT2D eigenvalue weighted by molar-refractivity contribution is 8.03. The Balaban J connectivity index is 1.32. The Hall–Kier alpha value is -4.92. The number of nitrogens with one attached hydrogen (secondary N) is 1. The van der Waals surface area contributed by atoms with Gasteiger partial charge in [-0.1, -0.05) is 101 Å². The number of nitrogens with two attached hydrogens (primary N) is 2. The number of benzene rings is 2. The predicted molar refractivity (Wildman–Crippen MR) is 179 cm³/mol. The number of oxime groups is 1. The number of ether oxygens (including phenoxy) is 1. The third-order valence-corrected chi connectivity index (χ3v) is 9.85. The van der Waals surface area contributed by atoms with Gasteiger partial charge in [-0.05, 0) is 36.1 Å². The minimum Gasteiger partial charge on any atom is -0.448 e. The van der Waals surface area contributed by atoms with E-state index in [9.17, 15) is 14.4 Å². The first-order chi connectivity index (χ1) is 22.8. The molecule has 0 saturated carbocycles. The third kappa shape index (κ3) is 6.52. The number of hydrogen-bond donors (Lipinski definition) is 3. The van der Waals surface area contributed by atoms with Crippen LogP contribution in [0.1, 0.15) is 35.8 Å². The number of amides is 2. The van der Waals surface area contributed by atoms with E-state index in [1.807, 2.05) is 60.7 Å². The zero-order valence-corrected chi connectivity index (χ0v) is 27.2. The second kappa shape index (κ2) is 13.8. The number of thiazole rings is 1. The predicted octanol–water partition coefficient (Wildman–Crippen LogP) is 4.53. The van der Waals surface area contributed by atoms with Crippen molar-refractivity contribution in [3.05, 3.63) is 111 Å². The molecule has 0 bridgehead atoms. The molecule has 2 aliphatic rings. The summed E-state index contributed by atoms with van der Waals surface area (Å²) in [6.07, 6.45) is 1.67. The van der Waals surface area contributed by atoms with Gasteiger partial charge in [0, 0.05) is 11.1 Å². The van der Waals surface area contributed by atoms with Crippen LogP contribution in [-0.2, 0) is 24.0 Å². The van der Waals surface area contributed by atoms with Crippen LogP contribution in [0.5, 0.6) is 0 Å². The molecule has 4 aromatic rings. The zero-order valence-electron chi connectivity index (χ0n) is 24.8. The van der Waals surface area contributed by atoms with Crippen molar-refractivity contribution in [3.63, 3.8) is 0 Å². The highest BCUT2D eigenvalue weighted by atomic mass is 35.5. The fourth-order valence-electron chi connectivity index (χ4n) is 5.44. The summed E-state index contributed by atoms with van der Waals surface area (Å²) in [6, 6.07) is 20.7. The number of hydrogen-bond acceptors (Lipinski definition) is 12. The molecule has 2 aliphatic heterocycles. The molecule has 240 valence electrons. The number of allylic oxidation sites excluding steroid dienone is 1. The summed E-state index contributed by atoms with van der Waals surface area (Å²) in [5.41, 5.74) is 13.3.